The lowest BCUT2D eigenvalue weighted by atomic mass is 9.83. The number of carbonyl (C=O) groups is 1. The average Bonchev–Trinajstić information content (AvgIpc) is 2.90. The second-order valence-corrected chi connectivity index (χ2v) is 9.92. The zero-order chi connectivity index (χ0) is 27.3. The molecule has 1 aliphatic heterocycles. The summed E-state index contributed by atoms with van der Waals surface area (Å²) in [6, 6.07) is 22.7. The molecule has 0 saturated carbocycles. The van der Waals surface area contributed by atoms with E-state index >= 15 is 0 Å². The zero-order valence-electron chi connectivity index (χ0n) is 21.7. The highest BCUT2D eigenvalue weighted by Gasteiger charge is 2.31. The summed E-state index contributed by atoms with van der Waals surface area (Å²) in [5.74, 6) is 0.481. The third-order valence-electron chi connectivity index (χ3n) is 6.18. The summed E-state index contributed by atoms with van der Waals surface area (Å²) < 4.78 is 16.8. The van der Waals surface area contributed by atoms with Gasteiger partial charge in [-0.25, -0.2) is 4.79 Å². The molecule has 6 nitrogen and oxygen atoms in total. The Bertz CT molecular complexity index is 1440. The van der Waals surface area contributed by atoms with Gasteiger partial charge in [-0.15, -0.1) is 0 Å². The van der Waals surface area contributed by atoms with Crippen LogP contribution in [0.15, 0.2) is 96.9 Å². The van der Waals surface area contributed by atoms with Gasteiger partial charge in [-0.2, -0.15) is 5.26 Å². The van der Waals surface area contributed by atoms with Gasteiger partial charge in [-0.1, -0.05) is 75.9 Å². The Kier molecular flexibility index (Phi) is 7.68. The monoisotopic (exact) mass is 506 g/mol. The minimum absolute atomic E-state index is 0.0130. The smallest absolute Gasteiger partial charge is 0.336 e. The lowest BCUT2D eigenvalue weighted by Gasteiger charge is -2.26. The van der Waals surface area contributed by atoms with E-state index in [9.17, 15) is 10.1 Å². The number of hydrogen-bond acceptors (Lipinski definition) is 6. The fourth-order valence-corrected chi connectivity index (χ4v) is 4.16. The molecule has 0 bridgehead atoms. The van der Waals surface area contributed by atoms with Crippen LogP contribution in [0.3, 0.4) is 0 Å². The van der Waals surface area contributed by atoms with Crippen molar-refractivity contribution in [3.05, 3.63) is 119 Å². The summed E-state index contributed by atoms with van der Waals surface area (Å²) in [5.41, 5.74) is 10.2. The molecule has 38 heavy (non-hydrogen) atoms. The summed E-state index contributed by atoms with van der Waals surface area (Å²) in [6.45, 7) is 10.5. The van der Waals surface area contributed by atoms with Gasteiger partial charge in [0.25, 0.3) is 0 Å². The van der Waals surface area contributed by atoms with Crippen molar-refractivity contribution >= 4 is 12.0 Å². The van der Waals surface area contributed by atoms with Gasteiger partial charge in [0.1, 0.15) is 35.5 Å². The summed E-state index contributed by atoms with van der Waals surface area (Å²) in [6.07, 6.45) is 4.76. The van der Waals surface area contributed by atoms with E-state index in [1.807, 2.05) is 36.4 Å². The minimum Gasteiger partial charge on any atom is -0.490 e. The van der Waals surface area contributed by atoms with Crippen molar-refractivity contribution in [1.29, 1.82) is 5.26 Å². The van der Waals surface area contributed by atoms with Gasteiger partial charge in [0.2, 0.25) is 5.88 Å². The van der Waals surface area contributed by atoms with E-state index in [-0.39, 0.29) is 11.3 Å². The lowest BCUT2D eigenvalue weighted by molar-refractivity contribution is -0.128. The van der Waals surface area contributed by atoms with Crippen LogP contribution in [0.2, 0.25) is 0 Å². The molecule has 192 valence electrons. The molecule has 0 spiro atoms. The topological polar surface area (TPSA) is 94.6 Å². The first-order valence-corrected chi connectivity index (χ1v) is 12.2. The van der Waals surface area contributed by atoms with Crippen molar-refractivity contribution in [1.82, 2.24) is 0 Å². The molecule has 2 N–H and O–H groups in total. The first-order valence-electron chi connectivity index (χ1n) is 12.2. The summed E-state index contributed by atoms with van der Waals surface area (Å²) in [4.78, 5) is 12.5. The molecule has 3 aromatic carbocycles. The molecule has 0 aliphatic carbocycles. The van der Waals surface area contributed by atoms with E-state index in [4.69, 9.17) is 19.9 Å². The van der Waals surface area contributed by atoms with E-state index in [1.54, 1.807) is 30.4 Å². The van der Waals surface area contributed by atoms with Crippen molar-refractivity contribution in [2.75, 3.05) is 6.61 Å². The lowest BCUT2D eigenvalue weighted by Crippen LogP contribution is -2.21. The second kappa shape index (κ2) is 11.1. The number of fused-ring (bicyclic) bond motifs is 1. The summed E-state index contributed by atoms with van der Waals surface area (Å²) >= 11 is 0. The van der Waals surface area contributed by atoms with Crippen LogP contribution in [0, 0.1) is 11.3 Å². The maximum Gasteiger partial charge on any atom is 0.336 e. The molecule has 0 aromatic heterocycles. The Morgan fingerprint density at radius 3 is 2.39 bits per heavy atom. The Labute approximate surface area is 223 Å². The molecule has 0 fully saturated rings. The largest absolute Gasteiger partial charge is 0.490 e. The third-order valence-corrected chi connectivity index (χ3v) is 6.18. The number of rotatable bonds is 7. The van der Waals surface area contributed by atoms with Gasteiger partial charge in [0.15, 0.2) is 0 Å². The highest BCUT2D eigenvalue weighted by atomic mass is 16.5. The normalized spacial score (nSPS) is 14.8. The average molecular weight is 507 g/mol. The molecule has 6 heteroatoms. The van der Waals surface area contributed by atoms with Crippen molar-refractivity contribution in [3.8, 4) is 23.3 Å². The first kappa shape index (κ1) is 26.3. The van der Waals surface area contributed by atoms with Crippen LogP contribution in [0.25, 0.3) is 6.08 Å². The van der Waals surface area contributed by atoms with Gasteiger partial charge in [-0.3, -0.25) is 0 Å². The van der Waals surface area contributed by atoms with Crippen molar-refractivity contribution < 1.29 is 19.0 Å². The molecule has 0 amide bonds. The first-order chi connectivity index (χ1) is 18.2. The van der Waals surface area contributed by atoms with E-state index in [0.29, 0.717) is 29.4 Å². The summed E-state index contributed by atoms with van der Waals surface area (Å²) in [7, 11) is 0. The van der Waals surface area contributed by atoms with Crippen molar-refractivity contribution in [3.63, 3.8) is 0 Å². The van der Waals surface area contributed by atoms with Crippen LogP contribution in [0.1, 0.15) is 48.9 Å². The predicted octanol–water partition coefficient (Wildman–Crippen LogP) is 6.39. The molecule has 0 saturated heterocycles. The predicted molar refractivity (Wildman–Crippen MR) is 148 cm³/mol. The quantitative estimate of drug-likeness (QED) is 0.173. The second-order valence-electron chi connectivity index (χ2n) is 9.92. The van der Waals surface area contributed by atoms with Crippen LogP contribution in [0.4, 0.5) is 0 Å². The maximum absolute atomic E-state index is 12.5. The zero-order valence-corrected chi connectivity index (χ0v) is 21.7. The van der Waals surface area contributed by atoms with Gasteiger partial charge in [0, 0.05) is 17.7 Å². The molecular weight excluding hydrogens is 476 g/mol. The van der Waals surface area contributed by atoms with E-state index in [0.717, 1.165) is 16.7 Å². The van der Waals surface area contributed by atoms with E-state index < -0.39 is 11.9 Å². The van der Waals surface area contributed by atoms with Crippen molar-refractivity contribution in [2.45, 2.75) is 32.1 Å². The molecule has 3 aromatic rings. The molecular formula is C32H30N2O4. The highest BCUT2D eigenvalue weighted by molar-refractivity contribution is 5.88. The third kappa shape index (κ3) is 5.96. The molecule has 1 heterocycles. The molecule has 1 unspecified atom stereocenters. The minimum atomic E-state index is -0.520. The van der Waals surface area contributed by atoms with Gasteiger partial charge in [-0.05, 0) is 46.4 Å². The molecule has 1 aliphatic rings. The Morgan fingerprint density at radius 1 is 1.08 bits per heavy atom. The Hall–Kier alpha value is -4.76. The number of ether oxygens (including phenoxy) is 3. The maximum atomic E-state index is 12.5. The number of nitrogens with two attached hydrogens (primary N) is 1. The van der Waals surface area contributed by atoms with E-state index in [1.165, 1.54) is 11.6 Å². The molecule has 1 atom stereocenters. The van der Waals surface area contributed by atoms with Gasteiger partial charge >= 0.3 is 5.97 Å². The van der Waals surface area contributed by atoms with Gasteiger partial charge < -0.3 is 19.9 Å². The van der Waals surface area contributed by atoms with Crippen LogP contribution < -0.4 is 19.9 Å². The summed E-state index contributed by atoms with van der Waals surface area (Å²) in [5, 5.41) is 9.79. The standard InChI is InChI=1S/C32H30N2O4/c1-5-18-36-24-13-9-22(10-14-24)30-26-16-15-25(19-28(26)38-31(34)27(30)20-33)37-29(35)17-8-21-6-11-23(12-7-21)32(2,3)4/h5-17,19,30H,1,18,34H2,2-4H3/b17-8+. The van der Waals surface area contributed by atoms with Crippen LogP contribution in [-0.4, -0.2) is 12.6 Å². The highest BCUT2D eigenvalue weighted by Crippen LogP contribution is 2.43. The van der Waals surface area contributed by atoms with Crippen LogP contribution in [-0.2, 0) is 10.2 Å². The number of nitriles is 1. The number of benzene rings is 3. The molecule has 0 radical (unpaired) electrons. The fourth-order valence-electron chi connectivity index (χ4n) is 4.16. The fraction of sp³-hybridized carbons (Fsp3) is 0.188. The SMILES string of the molecule is C=CCOc1ccc(C2C(C#N)=C(N)Oc3cc(OC(=O)/C=C/c4ccc(C(C)(C)C)cc4)ccc32)cc1. The van der Waals surface area contributed by atoms with E-state index in [2.05, 4.69) is 45.6 Å². The van der Waals surface area contributed by atoms with Crippen LogP contribution in [0.5, 0.6) is 17.2 Å². The number of nitrogens with zero attached hydrogens (tertiary/aromatic N) is 1. The number of hydrogen-bond donors (Lipinski definition) is 1. The number of esters is 1. The molecule has 4 rings (SSSR count). The Morgan fingerprint density at radius 2 is 1.76 bits per heavy atom. The van der Waals surface area contributed by atoms with Crippen molar-refractivity contribution in [2.24, 2.45) is 5.73 Å². The van der Waals surface area contributed by atoms with Gasteiger partial charge in [0.05, 0.1) is 5.92 Å². The van der Waals surface area contributed by atoms with Crippen LogP contribution >= 0.6 is 0 Å². The Balaban J connectivity index is 1.52. The number of allylic oxidation sites excluding steroid dienone is 1. The number of carbonyl (C=O) groups excluding carboxylic acids is 1.